The van der Waals surface area contributed by atoms with Crippen LogP contribution in [0.5, 0.6) is 0 Å². The van der Waals surface area contributed by atoms with Crippen molar-refractivity contribution in [2.24, 2.45) is 0 Å². The molecule has 0 spiro atoms. The van der Waals surface area contributed by atoms with E-state index in [0.29, 0.717) is 17.0 Å². The summed E-state index contributed by atoms with van der Waals surface area (Å²) in [6.07, 6.45) is 2.23. The number of rotatable bonds is 6. The zero-order valence-electron chi connectivity index (χ0n) is 12.6. The molecular weight excluding hydrogens is 300 g/mol. The normalized spacial score (nSPS) is 13.9. The minimum Gasteiger partial charge on any atom is -0.378 e. The first-order valence-electron chi connectivity index (χ1n) is 7.11. The Kier molecular flexibility index (Phi) is 4.28. The van der Waals surface area contributed by atoms with Crippen LogP contribution in [-0.4, -0.2) is 46.0 Å². The van der Waals surface area contributed by atoms with Gasteiger partial charge in [-0.25, -0.2) is 4.68 Å². The van der Waals surface area contributed by atoms with Crippen LogP contribution in [0.1, 0.15) is 18.9 Å². The monoisotopic (exact) mass is 318 g/mol. The van der Waals surface area contributed by atoms with Crippen LogP contribution >= 0.6 is 11.8 Å². The van der Waals surface area contributed by atoms with Gasteiger partial charge in [-0.3, -0.25) is 4.79 Å². The maximum Gasteiger partial charge on any atom is 0.234 e. The predicted octanol–water partition coefficient (Wildman–Crippen LogP) is 1.80. The van der Waals surface area contributed by atoms with E-state index in [1.54, 1.807) is 0 Å². The Morgan fingerprint density at radius 3 is 2.73 bits per heavy atom. The number of tetrazole rings is 1. The molecule has 8 heteroatoms. The Hall–Kier alpha value is -2.09. The number of nitrogens with one attached hydrogen (secondary N) is 1. The highest BCUT2D eigenvalue weighted by atomic mass is 32.2. The first-order valence-corrected chi connectivity index (χ1v) is 8.10. The summed E-state index contributed by atoms with van der Waals surface area (Å²) in [6.45, 7) is 0. The van der Waals surface area contributed by atoms with Gasteiger partial charge in [0.25, 0.3) is 0 Å². The molecule has 22 heavy (non-hydrogen) atoms. The number of benzene rings is 1. The van der Waals surface area contributed by atoms with Crippen molar-refractivity contribution < 1.29 is 4.79 Å². The molecule has 1 amide bonds. The van der Waals surface area contributed by atoms with Gasteiger partial charge in [-0.1, -0.05) is 11.8 Å². The second-order valence-corrected chi connectivity index (χ2v) is 6.36. The minimum absolute atomic E-state index is 0.0621. The molecule has 0 bridgehead atoms. The molecule has 0 aliphatic heterocycles. The molecule has 1 N–H and O–H groups in total. The largest absolute Gasteiger partial charge is 0.378 e. The Bertz CT molecular complexity index is 650. The highest BCUT2D eigenvalue weighted by Gasteiger charge is 2.28. The van der Waals surface area contributed by atoms with E-state index in [-0.39, 0.29) is 5.91 Å². The van der Waals surface area contributed by atoms with Crippen LogP contribution < -0.4 is 10.2 Å². The molecule has 0 saturated heterocycles. The fraction of sp³-hybridized carbons (Fsp3) is 0.429. The standard InChI is InChI=1S/C14H18N6OS/c1-19(2)11-5-3-10(4-6-11)15-13(21)9-22-14-16-17-18-20(14)12-7-8-12/h3-6,12H,7-9H2,1-2H3,(H,15,21). The van der Waals surface area contributed by atoms with Crippen molar-refractivity contribution in [3.05, 3.63) is 24.3 Å². The first kappa shape index (κ1) is 14.8. The van der Waals surface area contributed by atoms with E-state index < -0.39 is 0 Å². The third kappa shape index (κ3) is 3.56. The van der Waals surface area contributed by atoms with Crippen molar-refractivity contribution >= 4 is 29.0 Å². The van der Waals surface area contributed by atoms with Crippen LogP contribution in [0.4, 0.5) is 11.4 Å². The summed E-state index contributed by atoms with van der Waals surface area (Å²) < 4.78 is 1.81. The summed E-state index contributed by atoms with van der Waals surface area (Å²) in [5.74, 6) is 0.232. The van der Waals surface area contributed by atoms with Gasteiger partial charge in [0.15, 0.2) is 0 Å². The van der Waals surface area contributed by atoms with Gasteiger partial charge in [-0.05, 0) is 47.5 Å². The fourth-order valence-corrected chi connectivity index (χ4v) is 2.74. The van der Waals surface area contributed by atoms with E-state index in [4.69, 9.17) is 0 Å². The van der Waals surface area contributed by atoms with E-state index in [9.17, 15) is 4.79 Å². The lowest BCUT2D eigenvalue weighted by Gasteiger charge is -2.13. The van der Waals surface area contributed by atoms with E-state index in [1.165, 1.54) is 11.8 Å². The van der Waals surface area contributed by atoms with Crippen molar-refractivity contribution in [1.29, 1.82) is 0 Å². The number of amides is 1. The summed E-state index contributed by atoms with van der Waals surface area (Å²) >= 11 is 1.36. The number of carbonyl (C=O) groups is 1. The van der Waals surface area contributed by atoms with Gasteiger partial charge < -0.3 is 10.2 Å². The molecule has 1 aliphatic rings. The van der Waals surface area contributed by atoms with Crippen LogP contribution in [0.25, 0.3) is 0 Å². The molecule has 1 aliphatic carbocycles. The molecule has 1 aromatic heterocycles. The van der Waals surface area contributed by atoms with Crippen molar-refractivity contribution in [1.82, 2.24) is 20.2 Å². The van der Waals surface area contributed by atoms with Gasteiger partial charge in [-0.2, -0.15) is 0 Å². The molecule has 7 nitrogen and oxygen atoms in total. The molecule has 0 radical (unpaired) electrons. The summed E-state index contributed by atoms with van der Waals surface area (Å²) in [5.41, 5.74) is 1.88. The maximum absolute atomic E-state index is 12.0. The van der Waals surface area contributed by atoms with E-state index in [2.05, 4.69) is 20.8 Å². The third-order valence-electron chi connectivity index (χ3n) is 3.36. The van der Waals surface area contributed by atoms with Crippen LogP contribution in [-0.2, 0) is 4.79 Å². The zero-order chi connectivity index (χ0) is 15.5. The van der Waals surface area contributed by atoms with Gasteiger partial charge in [0, 0.05) is 25.5 Å². The number of hydrogen-bond donors (Lipinski definition) is 1. The number of nitrogens with zero attached hydrogens (tertiary/aromatic N) is 5. The SMILES string of the molecule is CN(C)c1ccc(NC(=O)CSc2nnnn2C2CC2)cc1. The lowest BCUT2D eigenvalue weighted by Crippen LogP contribution is -2.15. The van der Waals surface area contributed by atoms with Crippen LogP contribution in [0.2, 0.25) is 0 Å². The van der Waals surface area contributed by atoms with E-state index in [1.807, 2.05) is 47.9 Å². The van der Waals surface area contributed by atoms with Gasteiger partial charge in [0.2, 0.25) is 11.1 Å². The lowest BCUT2D eigenvalue weighted by molar-refractivity contribution is -0.113. The molecule has 116 valence electrons. The van der Waals surface area contributed by atoms with Gasteiger partial charge in [0.1, 0.15) is 0 Å². The summed E-state index contributed by atoms with van der Waals surface area (Å²) in [6, 6.07) is 8.14. The van der Waals surface area contributed by atoms with Gasteiger partial charge in [0.05, 0.1) is 11.8 Å². The molecule has 3 rings (SSSR count). The average Bonchev–Trinajstić information content (AvgIpc) is 3.24. The molecule has 2 aromatic rings. The number of carbonyl (C=O) groups excluding carboxylic acids is 1. The highest BCUT2D eigenvalue weighted by molar-refractivity contribution is 7.99. The Labute approximate surface area is 133 Å². The van der Waals surface area contributed by atoms with Crippen LogP contribution in [0, 0.1) is 0 Å². The second kappa shape index (κ2) is 6.35. The van der Waals surface area contributed by atoms with E-state index in [0.717, 1.165) is 24.2 Å². The van der Waals surface area contributed by atoms with E-state index >= 15 is 0 Å². The van der Waals surface area contributed by atoms with Crippen molar-refractivity contribution in [2.75, 3.05) is 30.1 Å². The summed E-state index contributed by atoms with van der Waals surface area (Å²) in [7, 11) is 3.96. The Morgan fingerprint density at radius 1 is 1.36 bits per heavy atom. The second-order valence-electron chi connectivity index (χ2n) is 5.42. The summed E-state index contributed by atoms with van der Waals surface area (Å²) in [4.78, 5) is 14.0. The van der Waals surface area contributed by atoms with Crippen molar-refractivity contribution in [2.45, 2.75) is 24.0 Å². The number of hydrogen-bond acceptors (Lipinski definition) is 6. The zero-order valence-corrected chi connectivity index (χ0v) is 13.4. The number of anilines is 2. The molecule has 1 aromatic carbocycles. The van der Waals surface area contributed by atoms with Crippen LogP contribution in [0.15, 0.2) is 29.4 Å². The Balaban J connectivity index is 1.52. The number of aromatic nitrogens is 4. The molecule has 0 unspecified atom stereocenters. The topological polar surface area (TPSA) is 75.9 Å². The van der Waals surface area contributed by atoms with Crippen LogP contribution in [0.3, 0.4) is 0 Å². The quantitative estimate of drug-likeness (QED) is 0.819. The minimum atomic E-state index is -0.0621. The maximum atomic E-state index is 12.0. The highest BCUT2D eigenvalue weighted by Crippen LogP contribution is 2.36. The van der Waals surface area contributed by atoms with Crippen molar-refractivity contribution in [3.63, 3.8) is 0 Å². The molecule has 1 fully saturated rings. The fourth-order valence-electron chi connectivity index (χ4n) is 2.00. The summed E-state index contributed by atoms with van der Waals surface area (Å²) in [5, 5.41) is 15.2. The number of thioether (sulfide) groups is 1. The predicted molar refractivity (Wildman–Crippen MR) is 86.2 cm³/mol. The molecule has 0 atom stereocenters. The molecular formula is C14H18N6OS. The first-order chi connectivity index (χ1) is 10.6. The lowest BCUT2D eigenvalue weighted by atomic mass is 10.2. The van der Waals surface area contributed by atoms with Gasteiger partial charge >= 0.3 is 0 Å². The van der Waals surface area contributed by atoms with Gasteiger partial charge in [-0.15, -0.1) is 5.10 Å². The Morgan fingerprint density at radius 2 is 2.09 bits per heavy atom. The molecule has 1 saturated carbocycles. The smallest absolute Gasteiger partial charge is 0.234 e. The molecule has 1 heterocycles. The van der Waals surface area contributed by atoms with Crippen molar-refractivity contribution in [3.8, 4) is 0 Å². The average molecular weight is 318 g/mol. The third-order valence-corrected chi connectivity index (χ3v) is 4.29.